The maximum atomic E-state index is 11.3. The maximum absolute atomic E-state index is 11.3. The highest BCUT2D eigenvalue weighted by Gasteiger charge is 2.18. The van der Waals surface area contributed by atoms with Crippen LogP contribution < -0.4 is 10.3 Å². The summed E-state index contributed by atoms with van der Waals surface area (Å²) in [4.78, 5) is 22.3. The van der Waals surface area contributed by atoms with Crippen molar-refractivity contribution in [3.63, 3.8) is 0 Å². The number of aromatic amines is 1. The fourth-order valence-corrected chi connectivity index (χ4v) is 2.82. The van der Waals surface area contributed by atoms with Gasteiger partial charge in [-0.05, 0) is 40.5 Å². The van der Waals surface area contributed by atoms with Crippen LogP contribution in [-0.2, 0) is 4.79 Å². The number of hydrogen-bond donors (Lipinski definition) is 1. The first-order chi connectivity index (χ1) is 9.40. The highest BCUT2D eigenvalue weighted by atomic mass is 79.9. The first-order valence-corrected chi connectivity index (χ1v) is 7.22. The van der Waals surface area contributed by atoms with Crippen LogP contribution in [0.25, 0.3) is 11.3 Å². The summed E-state index contributed by atoms with van der Waals surface area (Å²) >= 11 is 6.85. The molecule has 0 bridgehead atoms. The summed E-state index contributed by atoms with van der Waals surface area (Å²) in [6, 6.07) is 4.72. The van der Waals surface area contributed by atoms with Gasteiger partial charge in [0.15, 0.2) is 5.75 Å². The molecule has 0 saturated heterocycles. The summed E-state index contributed by atoms with van der Waals surface area (Å²) in [5.41, 5.74) is 1.70. The number of H-pyrrole nitrogens is 1. The summed E-state index contributed by atoms with van der Waals surface area (Å²) in [5, 5.41) is 6.31. The number of benzene rings is 1. The van der Waals surface area contributed by atoms with E-state index in [-0.39, 0.29) is 5.56 Å². The fraction of sp³-hybridized carbons (Fsp3) is 0.154. The van der Waals surface area contributed by atoms with Crippen molar-refractivity contribution in [1.82, 2.24) is 10.2 Å². The Bertz CT molecular complexity index is 721. The molecule has 5 nitrogen and oxygen atoms in total. The van der Waals surface area contributed by atoms with Crippen LogP contribution >= 0.6 is 31.9 Å². The highest BCUT2D eigenvalue weighted by molar-refractivity contribution is 9.11. The molecule has 2 rings (SSSR count). The average Bonchev–Trinajstić information content (AvgIpc) is 2.40. The van der Waals surface area contributed by atoms with Gasteiger partial charge in [0.05, 0.1) is 10.2 Å². The summed E-state index contributed by atoms with van der Waals surface area (Å²) in [7, 11) is 0. The number of hydrogen-bond acceptors (Lipinski definition) is 4. The lowest BCUT2D eigenvalue weighted by Gasteiger charge is -2.13. The average molecular weight is 402 g/mol. The van der Waals surface area contributed by atoms with Crippen LogP contribution in [0.15, 0.2) is 31.9 Å². The van der Waals surface area contributed by atoms with Gasteiger partial charge in [-0.15, -0.1) is 0 Å². The Balaban J connectivity index is 2.70. The van der Waals surface area contributed by atoms with Gasteiger partial charge in [-0.1, -0.05) is 15.9 Å². The zero-order chi connectivity index (χ0) is 14.9. The van der Waals surface area contributed by atoms with Crippen LogP contribution in [0.1, 0.15) is 12.5 Å². The van der Waals surface area contributed by atoms with Gasteiger partial charge in [-0.25, -0.2) is 5.10 Å². The van der Waals surface area contributed by atoms with Crippen molar-refractivity contribution in [2.75, 3.05) is 0 Å². The van der Waals surface area contributed by atoms with Gasteiger partial charge in [-0.3, -0.25) is 9.59 Å². The number of ether oxygens (including phenoxy) is 1. The lowest BCUT2D eigenvalue weighted by atomic mass is 10.1. The largest absolute Gasteiger partial charge is 0.425 e. The molecule has 0 amide bonds. The number of nitrogens with one attached hydrogen (secondary N) is 1. The molecular formula is C13H10Br2N2O3. The molecule has 1 aromatic heterocycles. The van der Waals surface area contributed by atoms with Gasteiger partial charge < -0.3 is 4.74 Å². The van der Waals surface area contributed by atoms with E-state index < -0.39 is 5.97 Å². The minimum Gasteiger partial charge on any atom is -0.425 e. The predicted octanol–water partition coefficient (Wildman–Crippen LogP) is 3.20. The van der Waals surface area contributed by atoms with E-state index in [9.17, 15) is 9.59 Å². The Morgan fingerprint density at radius 1 is 1.35 bits per heavy atom. The lowest BCUT2D eigenvalue weighted by Crippen LogP contribution is -2.08. The van der Waals surface area contributed by atoms with Crippen molar-refractivity contribution in [3.8, 4) is 17.0 Å². The van der Waals surface area contributed by atoms with Crippen molar-refractivity contribution in [2.45, 2.75) is 13.8 Å². The van der Waals surface area contributed by atoms with E-state index in [0.717, 1.165) is 10.0 Å². The minimum atomic E-state index is -0.432. The number of rotatable bonds is 2. The normalized spacial score (nSPS) is 10.4. The van der Waals surface area contributed by atoms with Gasteiger partial charge in [0.2, 0.25) is 0 Å². The zero-order valence-corrected chi connectivity index (χ0v) is 13.8. The first-order valence-electron chi connectivity index (χ1n) is 5.63. The number of esters is 1. The molecule has 0 aliphatic rings. The third-order valence-corrected chi connectivity index (χ3v) is 4.38. The quantitative estimate of drug-likeness (QED) is 0.619. The molecule has 20 heavy (non-hydrogen) atoms. The molecule has 0 spiro atoms. The number of nitrogens with zero attached hydrogens (tertiary/aromatic N) is 1. The van der Waals surface area contributed by atoms with Crippen molar-refractivity contribution in [1.29, 1.82) is 0 Å². The van der Waals surface area contributed by atoms with E-state index in [2.05, 4.69) is 42.1 Å². The fourth-order valence-electron chi connectivity index (χ4n) is 1.62. The van der Waals surface area contributed by atoms with Gasteiger partial charge >= 0.3 is 5.97 Å². The predicted molar refractivity (Wildman–Crippen MR) is 81.7 cm³/mol. The molecule has 2 aromatic rings. The lowest BCUT2D eigenvalue weighted by molar-refractivity contribution is -0.131. The minimum absolute atomic E-state index is 0.298. The van der Waals surface area contributed by atoms with Gasteiger partial charge in [0, 0.05) is 23.0 Å². The van der Waals surface area contributed by atoms with E-state index in [1.54, 1.807) is 12.1 Å². The summed E-state index contributed by atoms with van der Waals surface area (Å²) in [6.07, 6.45) is 0. The first kappa shape index (κ1) is 14.9. The summed E-state index contributed by atoms with van der Waals surface area (Å²) in [6.45, 7) is 3.21. The van der Waals surface area contributed by atoms with Gasteiger partial charge in [-0.2, -0.15) is 5.10 Å². The molecule has 0 atom stereocenters. The number of halogens is 2. The van der Waals surface area contributed by atoms with E-state index >= 15 is 0 Å². The Morgan fingerprint density at radius 2 is 2.05 bits per heavy atom. The second-order valence-electron chi connectivity index (χ2n) is 4.07. The third kappa shape index (κ3) is 2.99. The standard InChI is InChI=1S/C13H10Br2N2O3/c1-6-9(14)5-8(10-3-4-11(19)17-16-10)13(12(6)15)20-7(2)18/h3-5H,1-2H3,(H,17,19). The second kappa shape index (κ2) is 5.88. The van der Waals surface area contributed by atoms with E-state index in [0.29, 0.717) is 21.5 Å². The molecule has 0 fully saturated rings. The van der Waals surface area contributed by atoms with E-state index in [1.165, 1.54) is 13.0 Å². The molecule has 0 aliphatic heterocycles. The topological polar surface area (TPSA) is 72.1 Å². The molecule has 0 radical (unpaired) electrons. The van der Waals surface area contributed by atoms with Crippen LogP contribution in [0.4, 0.5) is 0 Å². The number of carbonyl (C=O) groups is 1. The van der Waals surface area contributed by atoms with Gasteiger partial charge in [0.1, 0.15) is 0 Å². The van der Waals surface area contributed by atoms with Crippen LogP contribution in [-0.4, -0.2) is 16.2 Å². The van der Waals surface area contributed by atoms with Crippen molar-refractivity contribution < 1.29 is 9.53 Å². The SMILES string of the molecule is CC(=O)Oc1c(-c2ccc(=O)[nH]n2)cc(Br)c(C)c1Br. The van der Waals surface area contributed by atoms with E-state index in [4.69, 9.17) is 4.74 Å². The van der Waals surface area contributed by atoms with Crippen molar-refractivity contribution in [2.24, 2.45) is 0 Å². The Hall–Kier alpha value is -1.47. The van der Waals surface area contributed by atoms with Crippen LogP contribution in [0.3, 0.4) is 0 Å². The van der Waals surface area contributed by atoms with Gasteiger partial charge in [0.25, 0.3) is 5.56 Å². The molecule has 104 valence electrons. The van der Waals surface area contributed by atoms with Crippen molar-refractivity contribution >= 4 is 37.8 Å². The number of carbonyl (C=O) groups excluding carboxylic acids is 1. The Kier molecular flexibility index (Phi) is 4.39. The van der Waals surface area contributed by atoms with Crippen LogP contribution in [0.2, 0.25) is 0 Å². The molecule has 1 N–H and O–H groups in total. The molecule has 1 aromatic carbocycles. The third-order valence-electron chi connectivity index (χ3n) is 2.60. The molecule has 7 heteroatoms. The summed E-state index contributed by atoms with van der Waals surface area (Å²) < 4.78 is 6.75. The second-order valence-corrected chi connectivity index (χ2v) is 5.72. The number of aromatic nitrogens is 2. The molecule has 0 unspecified atom stereocenters. The Labute approximate surface area is 131 Å². The maximum Gasteiger partial charge on any atom is 0.308 e. The van der Waals surface area contributed by atoms with Crippen LogP contribution in [0.5, 0.6) is 5.75 Å². The zero-order valence-electron chi connectivity index (χ0n) is 10.7. The van der Waals surface area contributed by atoms with E-state index in [1.807, 2.05) is 6.92 Å². The monoisotopic (exact) mass is 400 g/mol. The molecule has 0 aliphatic carbocycles. The Morgan fingerprint density at radius 3 is 2.60 bits per heavy atom. The highest BCUT2D eigenvalue weighted by Crippen LogP contribution is 2.41. The molecule has 1 heterocycles. The molecule has 0 saturated carbocycles. The van der Waals surface area contributed by atoms with Crippen molar-refractivity contribution in [3.05, 3.63) is 43.1 Å². The summed E-state index contributed by atoms with van der Waals surface area (Å²) in [5.74, 6) is -0.0594. The van der Waals surface area contributed by atoms with Crippen LogP contribution in [0, 0.1) is 6.92 Å². The molecular weight excluding hydrogens is 392 g/mol. The smallest absolute Gasteiger partial charge is 0.308 e.